The highest BCUT2D eigenvalue weighted by Gasteiger charge is 2.30. The fraction of sp³-hybridized carbons (Fsp3) is 0.500. The first-order valence-electron chi connectivity index (χ1n) is 9.04. The summed E-state index contributed by atoms with van der Waals surface area (Å²) < 4.78 is 7.12. The molecule has 0 radical (unpaired) electrons. The van der Waals surface area contributed by atoms with E-state index in [-0.39, 0.29) is 17.4 Å². The molecule has 3 heterocycles. The van der Waals surface area contributed by atoms with Gasteiger partial charge >= 0.3 is 0 Å². The molecule has 1 aliphatic carbocycles. The molecule has 2 N–H and O–H groups in total. The topological polar surface area (TPSA) is 115 Å². The van der Waals surface area contributed by atoms with Crippen molar-refractivity contribution < 1.29 is 9.21 Å². The van der Waals surface area contributed by atoms with E-state index in [9.17, 15) is 4.79 Å². The van der Waals surface area contributed by atoms with Gasteiger partial charge in [-0.1, -0.05) is 13.8 Å². The minimum Gasteiger partial charge on any atom is -0.423 e. The van der Waals surface area contributed by atoms with Gasteiger partial charge < -0.3 is 9.73 Å². The predicted molar refractivity (Wildman–Crippen MR) is 97.4 cm³/mol. The molecular formula is C18H23N7O2. The summed E-state index contributed by atoms with van der Waals surface area (Å²) in [5.41, 5.74) is 3.38. The van der Waals surface area contributed by atoms with Gasteiger partial charge in [-0.05, 0) is 31.6 Å². The quantitative estimate of drug-likeness (QED) is 0.731. The average molecular weight is 369 g/mol. The molecule has 0 fully saturated rings. The number of aromatic amines is 1. The second-order valence-electron chi connectivity index (χ2n) is 7.87. The molecule has 1 aliphatic rings. The van der Waals surface area contributed by atoms with E-state index in [2.05, 4.69) is 44.7 Å². The lowest BCUT2D eigenvalue weighted by Crippen LogP contribution is -2.23. The molecule has 142 valence electrons. The summed E-state index contributed by atoms with van der Waals surface area (Å²) in [6, 6.07) is -0.225. The predicted octanol–water partition coefficient (Wildman–Crippen LogP) is 2.67. The Labute approximate surface area is 156 Å². The van der Waals surface area contributed by atoms with Crippen molar-refractivity contribution >= 4 is 11.6 Å². The molecule has 1 atom stereocenters. The second kappa shape index (κ2) is 6.33. The van der Waals surface area contributed by atoms with Gasteiger partial charge in [0, 0.05) is 24.4 Å². The van der Waals surface area contributed by atoms with Gasteiger partial charge in [0.05, 0.1) is 11.9 Å². The number of aromatic nitrogens is 6. The summed E-state index contributed by atoms with van der Waals surface area (Å²) in [4.78, 5) is 12.7. The van der Waals surface area contributed by atoms with E-state index < -0.39 is 0 Å². The van der Waals surface area contributed by atoms with Crippen molar-refractivity contribution in [3.8, 4) is 0 Å². The molecule has 0 aliphatic heterocycles. The maximum Gasteiger partial charge on any atom is 0.276 e. The molecule has 4 rings (SSSR count). The van der Waals surface area contributed by atoms with Crippen molar-refractivity contribution in [2.24, 2.45) is 5.41 Å². The van der Waals surface area contributed by atoms with Crippen LogP contribution in [0.25, 0.3) is 0 Å². The number of anilines is 1. The van der Waals surface area contributed by atoms with Gasteiger partial charge in [0.2, 0.25) is 11.8 Å². The van der Waals surface area contributed by atoms with Crippen molar-refractivity contribution in [1.82, 2.24) is 30.2 Å². The Morgan fingerprint density at radius 2 is 2.22 bits per heavy atom. The highest BCUT2D eigenvalue weighted by atomic mass is 16.4. The third kappa shape index (κ3) is 3.36. The number of rotatable bonds is 4. The first-order chi connectivity index (χ1) is 12.8. The van der Waals surface area contributed by atoms with Crippen LogP contribution in [0.15, 0.2) is 16.8 Å². The minimum atomic E-state index is -0.229. The summed E-state index contributed by atoms with van der Waals surface area (Å²) in [7, 11) is 0. The number of aryl methyl sites for hydroxylation is 1. The Morgan fingerprint density at radius 3 is 2.96 bits per heavy atom. The molecule has 3 aromatic rings. The van der Waals surface area contributed by atoms with Crippen LogP contribution in [-0.2, 0) is 12.8 Å². The highest BCUT2D eigenvalue weighted by Crippen LogP contribution is 2.35. The zero-order chi connectivity index (χ0) is 19.2. The number of H-pyrrole nitrogens is 1. The summed E-state index contributed by atoms with van der Waals surface area (Å²) in [5, 5.41) is 22.3. The highest BCUT2D eigenvalue weighted by molar-refractivity contribution is 6.03. The van der Waals surface area contributed by atoms with Gasteiger partial charge in [-0.3, -0.25) is 14.6 Å². The third-order valence-electron chi connectivity index (χ3n) is 5.03. The zero-order valence-corrected chi connectivity index (χ0v) is 15.9. The van der Waals surface area contributed by atoms with Gasteiger partial charge in [0.25, 0.3) is 5.91 Å². The number of amides is 1. The van der Waals surface area contributed by atoms with Crippen molar-refractivity contribution in [3.63, 3.8) is 0 Å². The number of hydrogen-bond acceptors (Lipinski definition) is 6. The maximum atomic E-state index is 12.7. The lowest BCUT2D eigenvalue weighted by Gasteiger charge is -2.28. The molecule has 0 aromatic carbocycles. The third-order valence-corrected chi connectivity index (χ3v) is 5.03. The molecule has 27 heavy (non-hydrogen) atoms. The summed E-state index contributed by atoms with van der Waals surface area (Å²) >= 11 is 0. The molecule has 1 amide bonds. The Balaban J connectivity index is 1.48. The summed E-state index contributed by atoms with van der Waals surface area (Å²) in [5.74, 6) is 0.745. The largest absolute Gasteiger partial charge is 0.423 e. The van der Waals surface area contributed by atoms with Crippen molar-refractivity contribution in [2.75, 3.05) is 5.32 Å². The van der Waals surface area contributed by atoms with E-state index in [0.29, 0.717) is 23.2 Å². The number of nitrogens with zero attached hydrogens (tertiary/aromatic N) is 5. The molecule has 9 nitrogen and oxygen atoms in total. The van der Waals surface area contributed by atoms with Crippen LogP contribution in [0.1, 0.15) is 66.8 Å². The number of fused-ring (bicyclic) bond motifs is 1. The Morgan fingerprint density at radius 1 is 1.41 bits per heavy atom. The van der Waals surface area contributed by atoms with E-state index in [1.165, 1.54) is 0 Å². The van der Waals surface area contributed by atoms with E-state index in [1.807, 2.05) is 6.92 Å². The average Bonchev–Trinajstić information content (AvgIpc) is 3.32. The number of carbonyl (C=O) groups excluding carboxylic acids is 1. The van der Waals surface area contributed by atoms with Crippen LogP contribution in [0.4, 0.5) is 5.69 Å². The Kier molecular flexibility index (Phi) is 4.09. The van der Waals surface area contributed by atoms with Crippen molar-refractivity contribution in [3.05, 3.63) is 41.1 Å². The smallest absolute Gasteiger partial charge is 0.276 e. The molecular weight excluding hydrogens is 346 g/mol. The monoisotopic (exact) mass is 369 g/mol. The van der Waals surface area contributed by atoms with Crippen LogP contribution in [0, 0.1) is 12.3 Å². The van der Waals surface area contributed by atoms with Crippen LogP contribution < -0.4 is 5.32 Å². The van der Waals surface area contributed by atoms with Crippen molar-refractivity contribution in [1.29, 1.82) is 0 Å². The molecule has 0 saturated carbocycles. The van der Waals surface area contributed by atoms with Crippen LogP contribution in [0.2, 0.25) is 0 Å². The number of carbonyl (C=O) groups is 1. The molecule has 1 unspecified atom stereocenters. The van der Waals surface area contributed by atoms with Gasteiger partial charge in [0.1, 0.15) is 6.04 Å². The first-order valence-corrected chi connectivity index (χ1v) is 9.04. The van der Waals surface area contributed by atoms with Crippen molar-refractivity contribution in [2.45, 2.75) is 53.0 Å². The maximum absolute atomic E-state index is 12.7. The Hall–Kier alpha value is -2.97. The SMILES string of the molecule is Cc1nnc(C(C)n2cc(NC(=O)c3n[nH]c4c3CCC(C)(C)C4)cn2)o1. The van der Waals surface area contributed by atoms with E-state index in [0.717, 1.165) is 30.5 Å². The Bertz CT molecular complexity index is 982. The fourth-order valence-corrected chi connectivity index (χ4v) is 3.43. The molecule has 9 heteroatoms. The number of nitrogens with one attached hydrogen (secondary N) is 2. The molecule has 0 saturated heterocycles. The molecule has 3 aromatic heterocycles. The molecule has 0 bridgehead atoms. The normalized spacial score (nSPS) is 16.7. The first kappa shape index (κ1) is 17.4. The lowest BCUT2D eigenvalue weighted by atomic mass is 9.76. The fourth-order valence-electron chi connectivity index (χ4n) is 3.43. The summed E-state index contributed by atoms with van der Waals surface area (Å²) in [6.07, 6.45) is 6.14. The second-order valence-corrected chi connectivity index (χ2v) is 7.87. The van der Waals surface area contributed by atoms with Gasteiger partial charge in [0.15, 0.2) is 5.69 Å². The van der Waals surface area contributed by atoms with Gasteiger partial charge in [-0.15, -0.1) is 10.2 Å². The van der Waals surface area contributed by atoms with E-state index in [4.69, 9.17) is 4.42 Å². The molecule has 0 spiro atoms. The van der Waals surface area contributed by atoms with Gasteiger partial charge in [-0.2, -0.15) is 10.2 Å². The minimum absolute atomic E-state index is 0.225. The zero-order valence-electron chi connectivity index (χ0n) is 15.9. The van der Waals surface area contributed by atoms with Crippen LogP contribution in [0.5, 0.6) is 0 Å². The van der Waals surface area contributed by atoms with Gasteiger partial charge in [-0.25, -0.2) is 0 Å². The van der Waals surface area contributed by atoms with Crippen LogP contribution in [-0.4, -0.2) is 36.1 Å². The van der Waals surface area contributed by atoms with Crippen LogP contribution >= 0.6 is 0 Å². The standard InChI is InChI=1S/C18H23N7O2/c1-10(17-24-21-11(2)27-17)25-9-12(8-19-25)20-16(26)15-13-5-6-18(3,4)7-14(13)22-23-15/h8-10H,5-7H2,1-4H3,(H,20,26)(H,22,23). The van der Waals surface area contributed by atoms with E-state index in [1.54, 1.807) is 24.0 Å². The van der Waals surface area contributed by atoms with Crippen LogP contribution in [0.3, 0.4) is 0 Å². The van der Waals surface area contributed by atoms with E-state index >= 15 is 0 Å². The summed E-state index contributed by atoms with van der Waals surface area (Å²) in [6.45, 7) is 8.11. The number of hydrogen-bond donors (Lipinski definition) is 2. The lowest BCUT2D eigenvalue weighted by molar-refractivity contribution is 0.102.